The fraction of sp³-hybridized carbons (Fsp3) is 0.372. The van der Waals surface area contributed by atoms with Crippen molar-refractivity contribution in [3.8, 4) is 11.3 Å². The Morgan fingerprint density at radius 2 is 1.75 bits per heavy atom. The molecule has 282 valence electrons. The Morgan fingerprint density at radius 3 is 2.49 bits per heavy atom. The van der Waals surface area contributed by atoms with Crippen molar-refractivity contribution in [2.24, 2.45) is 0 Å². The zero-order valence-electron chi connectivity index (χ0n) is 31.4. The molecular weight excluding hydrogens is 694 g/mol. The monoisotopic (exact) mass is 739 g/mol. The highest BCUT2D eigenvalue weighted by Crippen LogP contribution is 2.38. The summed E-state index contributed by atoms with van der Waals surface area (Å²) in [6.45, 7) is 4.78. The van der Waals surface area contributed by atoms with E-state index in [1.165, 1.54) is 17.7 Å². The van der Waals surface area contributed by atoms with Crippen molar-refractivity contribution in [2.75, 3.05) is 57.0 Å². The number of carbonyl (C=O) groups is 2. The van der Waals surface area contributed by atoms with Gasteiger partial charge in [-0.05, 0) is 79.1 Å². The molecule has 0 radical (unpaired) electrons. The molecule has 6 aromatic rings. The first-order valence-corrected chi connectivity index (χ1v) is 19.6. The summed E-state index contributed by atoms with van der Waals surface area (Å²) in [6.07, 6.45) is 11.1. The fourth-order valence-corrected chi connectivity index (χ4v) is 8.75. The SMILES string of the molecule is CN(C)C(=O)c1cc2cnc(Nc3ccc(N4CCN(CCc5ccc(-c6[nH]c7cc(F)cc8c7c6CCCC8=O)cc5)CC4)cn3)nc2n1C1CCCC1. The zero-order chi connectivity index (χ0) is 37.6. The average molecular weight is 740 g/mol. The van der Waals surface area contributed by atoms with Crippen molar-refractivity contribution in [3.63, 3.8) is 0 Å². The van der Waals surface area contributed by atoms with E-state index in [0.717, 1.165) is 117 Å². The molecule has 0 spiro atoms. The number of benzene rings is 2. The zero-order valence-corrected chi connectivity index (χ0v) is 31.4. The lowest BCUT2D eigenvalue weighted by Gasteiger charge is -2.36. The van der Waals surface area contributed by atoms with E-state index in [2.05, 4.69) is 60.0 Å². The third-order valence-electron chi connectivity index (χ3n) is 11.7. The van der Waals surface area contributed by atoms with E-state index in [1.54, 1.807) is 25.2 Å². The van der Waals surface area contributed by atoms with E-state index in [1.807, 2.05) is 18.3 Å². The Labute approximate surface area is 319 Å². The molecule has 4 aromatic heterocycles. The molecule has 2 aromatic carbocycles. The van der Waals surface area contributed by atoms with Crippen LogP contribution in [-0.4, -0.2) is 92.8 Å². The number of aryl methyl sites for hydroxylation is 1. The largest absolute Gasteiger partial charge is 0.368 e. The minimum absolute atomic E-state index is 0.0219. The van der Waals surface area contributed by atoms with Crippen LogP contribution in [0.5, 0.6) is 0 Å². The van der Waals surface area contributed by atoms with Crippen LogP contribution in [0, 0.1) is 5.82 Å². The van der Waals surface area contributed by atoms with Crippen LogP contribution in [0.2, 0.25) is 0 Å². The number of carbonyl (C=O) groups excluding carboxylic acids is 2. The highest BCUT2D eigenvalue weighted by Gasteiger charge is 2.27. The second kappa shape index (κ2) is 14.6. The number of hydrogen-bond acceptors (Lipinski definition) is 8. The summed E-state index contributed by atoms with van der Waals surface area (Å²) < 4.78 is 16.5. The van der Waals surface area contributed by atoms with Gasteiger partial charge in [-0.15, -0.1) is 0 Å². The van der Waals surface area contributed by atoms with Crippen LogP contribution in [0.25, 0.3) is 33.2 Å². The lowest BCUT2D eigenvalue weighted by Crippen LogP contribution is -2.47. The number of nitrogens with zero attached hydrogens (tertiary/aromatic N) is 7. The van der Waals surface area contributed by atoms with Crippen LogP contribution in [0.15, 0.2) is 67.0 Å². The number of H-pyrrole nitrogens is 1. The number of halogens is 1. The number of Topliss-reactive ketones (excluding diaryl/α,β-unsaturated/α-hetero) is 1. The van der Waals surface area contributed by atoms with Crippen LogP contribution in [0.1, 0.15) is 76.5 Å². The minimum Gasteiger partial charge on any atom is -0.368 e. The predicted molar refractivity (Wildman–Crippen MR) is 214 cm³/mol. The number of ketones is 1. The van der Waals surface area contributed by atoms with Gasteiger partial charge in [0.05, 0.1) is 11.9 Å². The predicted octanol–water partition coefficient (Wildman–Crippen LogP) is 7.56. The molecule has 1 saturated carbocycles. The van der Waals surface area contributed by atoms with E-state index >= 15 is 0 Å². The van der Waals surface area contributed by atoms with Crippen LogP contribution in [-0.2, 0) is 12.8 Å². The Balaban J connectivity index is 0.805. The molecule has 1 amide bonds. The van der Waals surface area contributed by atoms with E-state index < -0.39 is 0 Å². The maximum atomic E-state index is 14.4. The molecule has 2 aliphatic carbocycles. The Hall–Kier alpha value is -5.62. The molecule has 0 atom stereocenters. The quantitative estimate of drug-likeness (QED) is 0.156. The number of fused-ring (bicyclic) bond motifs is 1. The molecule has 0 unspecified atom stereocenters. The van der Waals surface area contributed by atoms with Gasteiger partial charge in [-0.2, -0.15) is 4.98 Å². The first kappa shape index (κ1) is 35.1. The van der Waals surface area contributed by atoms with E-state index in [0.29, 0.717) is 35.0 Å². The lowest BCUT2D eigenvalue weighted by molar-refractivity contribution is 0.0815. The van der Waals surface area contributed by atoms with Crippen LogP contribution in [0.4, 0.5) is 21.8 Å². The molecule has 0 bridgehead atoms. The maximum Gasteiger partial charge on any atom is 0.270 e. The molecular formula is C43H46FN9O2. The summed E-state index contributed by atoms with van der Waals surface area (Å²) in [5.41, 5.74) is 8.19. The van der Waals surface area contributed by atoms with E-state index in [-0.39, 0.29) is 23.5 Å². The maximum absolute atomic E-state index is 14.4. The van der Waals surface area contributed by atoms with Crippen molar-refractivity contribution in [2.45, 2.75) is 57.4 Å². The average Bonchev–Trinajstić information content (AvgIpc) is 3.92. The van der Waals surface area contributed by atoms with Gasteiger partial charge >= 0.3 is 0 Å². The number of piperazine rings is 1. The van der Waals surface area contributed by atoms with Crippen LogP contribution < -0.4 is 10.2 Å². The first-order valence-electron chi connectivity index (χ1n) is 19.6. The van der Waals surface area contributed by atoms with Crippen molar-refractivity contribution < 1.29 is 14.0 Å². The molecule has 9 rings (SSSR count). The highest BCUT2D eigenvalue weighted by molar-refractivity contribution is 6.11. The Bertz CT molecular complexity index is 2390. The molecule has 2 N–H and O–H groups in total. The lowest BCUT2D eigenvalue weighted by atomic mass is 9.99. The fourth-order valence-electron chi connectivity index (χ4n) is 8.75. The third kappa shape index (κ3) is 6.84. The summed E-state index contributed by atoms with van der Waals surface area (Å²) in [4.78, 5) is 49.8. The second-order valence-corrected chi connectivity index (χ2v) is 15.4. The van der Waals surface area contributed by atoms with E-state index in [9.17, 15) is 14.0 Å². The van der Waals surface area contributed by atoms with Gasteiger partial charge in [-0.1, -0.05) is 37.1 Å². The normalized spacial score (nSPS) is 16.6. The van der Waals surface area contributed by atoms with Gasteiger partial charge in [0, 0.05) is 93.0 Å². The van der Waals surface area contributed by atoms with Gasteiger partial charge in [-0.25, -0.2) is 14.4 Å². The van der Waals surface area contributed by atoms with Gasteiger partial charge in [0.25, 0.3) is 5.91 Å². The van der Waals surface area contributed by atoms with Gasteiger partial charge in [0.2, 0.25) is 5.95 Å². The number of pyridine rings is 1. The van der Waals surface area contributed by atoms with Crippen LogP contribution in [0.3, 0.4) is 0 Å². The number of hydrogen-bond donors (Lipinski definition) is 2. The summed E-state index contributed by atoms with van der Waals surface area (Å²) in [6, 6.07) is 17.8. The summed E-state index contributed by atoms with van der Waals surface area (Å²) >= 11 is 0. The molecule has 1 aliphatic heterocycles. The van der Waals surface area contributed by atoms with E-state index in [4.69, 9.17) is 9.97 Å². The third-order valence-corrected chi connectivity index (χ3v) is 11.7. The minimum atomic E-state index is -0.378. The molecule has 2 fully saturated rings. The Kier molecular flexibility index (Phi) is 9.29. The van der Waals surface area contributed by atoms with Crippen molar-refractivity contribution >= 4 is 51.1 Å². The van der Waals surface area contributed by atoms with Crippen molar-refractivity contribution in [1.82, 2.24) is 34.3 Å². The summed E-state index contributed by atoms with van der Waals surface area (Å²) in [5.74, 6) is 0.753. The number of aromatic amines is 1. The number of nitrogens with one attached hydrogen (secondary N) is 2. The number of aromatic nitrogens is 5. The number of anilines is 3. The number of amides is 1. The summed E-state index contributed by atoms with van der Waals surface area (Å²) in [7, 11) is 3.57. The van der Waals surface area contributed by atoms with Gasteiger partial charge < -0.3 is 24.7 Å². The smallest absolute Gasteiger partial charge is 0.270 e. The van der Waals surface area contributed by atoms with Crippen LogP contribution >= 0.6 is 0 Å². The summed E-state index contributed by atoms with van der Waals surface area (Å²) in [5, 5.41) is 5.03. The molecule has 3 aliphatic rings. The van der Waals surface area contributed by atoms with Gasteiger partial charge in [0.15, 0.2) is 5.78 Å². The van der Waals surface area contributed by atoms with Gasteiger partial charge in [0.1, 0.15) is 23.0 Å². The van der Waals surface area contributed by atoms with Crippen molar-refractivity contribution in [1.29, 1.82) is 0 Å². The molecule has 12 heteroatoms. The Morgan fingerprint density at radius 1 is 0.945 bits per heavy atom. The molecule has 55 heavy (non-hydrogen) atoms. The second-order valence-electron chi connectivity index (χ2n) is 15.4. The molecule has 5 heterocycles. The molecule has 1 saturated heterocycles. The van der Waals surface area contributed by atoms with Crippen molar-refractivity contribution in [3.05, 3.63) is 95.2 Å². The topological polar surface area (TPSA) is 115 Å². The van der Waals surface area contributed by atoms with Gasteiger partial charge in [-0.3, -0.25) is 14.5 Å². The number of rotatable bonds is 9. The standard InChI is InChI=1S/C43H46FN9O2/c1-50(2)42(55)36-22-29-25-46-43(49-41(29)53(36)31-6-3-4-7-31)48-38-15-14-32(26-45-38)52-20-18-51(19-21-52)17-16-27-10-12-28(13-11-27)40-33-8-5-9-37(54)34-23-30(44)24-35(47-40)39(33)34/h10-15,22-26,31,47H,3-9,16-21H2,1-2H3,(H,45,46,48,49). The first-order chi connectivity index (χ1) is 26.8. The molecule has 11 nitrogen and oxygen atoms in total. The highest BCUT2D eigenvalue weighted by atomic mass is 19.1.